The third kappa shape index (κ3) is 4.22. The minimum absolute atomic E-state index is 0.603. The van der Waals surface area contributed by atoms with Crippen LogP contribution in [0.25, 0.3) is 10.9 Å². The zero-order chi connectivity index (χ0) is 14.2. The van der Waals surface area contributed by atoms with Crippen molar-refractivity contribution in [2.24, 2.45) is 5.92 Å². The fraction of sp³-hybridized carbons (Fsp3) is 0.500. The molecule has 0 spiro atoms. The van der Waals surface area contributed by atoms with E-state index in [9.17, 15) is 0 Å². The number of unbranched alkanes of at least 4 members (excludes halogenated alkanes) is 3. The molecule has 2 nitrogen and oxygen atoms in total. The molecular formula is C18H25NO. The van der Waals surface area contributed by atoms with E-state index in [1.807, 2.05) is 24.4 Å². The second kappa shape index (κ2) is 7.88. The van der Waals surface area contributed by atoms with Crippen molar-refractivity contribution in [1.82, 2.24) is 4.98 Å². The summed E-state index contributed by atoms with van der Waals surface area (Å²) in [5.74, 6) is 1.51. The van der Waals surface area contributed by atoms with Crippen LogP contribution in [0.15, 0.2) is 36.5 Å². The first-order chi connectivity index (χ1) is 9.81. The van der Waals surface area contributed by atoms with Crippen LogP contribution in [-0.4, -0.2) is 11.6 Å². The van der Waals surface area contributed by atoms with E-state index < -0.39 is 0 Å². The SMILES string of the molecule is CCCCCCC(C)COc1cccc2cccnc12. The zero-order valence-electron chi connectivity index (χ0n) is 12.6. The smallest absolute Gasteiger partial charge is 0.145 e. The van der Waals surface area contributed by atoms with Crippen molar-refractivity contribution < 1.29 is 4.74 Å². The summed E-state index contributed by atoms with van der Waals surface area (Å²) in [4.78, 5) is 4.42. The van der Waals surface area contributed by atoms with E-state index in [-0.39, 0.29) is 0 Å². The van der Waals surface area contributed by atoms with Gasteiger partial charge in [-0.15, -0.1) is 0 Å². The molecule has 2 heteroatoms. The number of benzene rings is 1. The number of para-hydroxylation sites is 1. The van der Waals surface area contributed by atoms with Crippen LogP contribution in [-0.2, 0) is 0 Å². The quantitative estimate of drug-likeness (QED) is 0.614. The van der Waals surface area contributed by atoms with E-state index in [4.69, 9.17) is 4.74 Å². The maximum absolute atomic E-state index is 5.98. The first-order valence-electron chi connectivity index (χ1n) is 7.77. The third-order valence-electron chi connectivity index (χ3n) is 3.67. The van der Waals surface area contributed by atoms with E-state index in [0.717, 1.165) is 23.3 Å². The lowest BCUT2D eigenvalue weighted by Gasteiger charge is -2.14. The summed E-state index contributed by atoms with van der Waals surface area (Å²) in [6.45, 7) is 5.30. The Morgan fingerprint density at radius 1 is 1.10 bits per heavy atom. The Morgan fingerprint density at radius 3 is 2.80 bits per heavy atom. The topological polar surface area (TPSA) is 22.1 Å². The van der Waals surface area contributed by atoms with Crippen LogP contribution in [0.2, 0.25) is 0 Å². The summed E-state index contributed by atoms with van der Waals surface area (Å²) in [7, 11) is 0. The normalized spacial score (nSPS) is 12.5. The van der Waals surface area contributed by atoms with Gasteiger partial charge < -0.3 is 4.74 Å². The number of ether oxygens (including phenoxy) is 1. The van der Waals surface area contributed by atoms with Crippen LogP contribution in [0.5, 0.6) is 5.75 Å². The van der Waals surface area contributed by atoms with E-state index >= 15 is 0 Å². The molecule has 1 heterocycles. The van der Waals surface area contributed by atoms with E-state index in [1.54, 1.807) is 0 Å². The molecule has 0 aliphatic carbocycles. The van der Waals surface area contributed by atoms with Gasteiger partial charge in [0.1, 0.15) is 11.3 Å². The highest BCUT2D eigenvalue weighted by Crippen LogP contribution is 2.23. The second-order valence-electron chi connectivity index (χ2n) is 5.60. The van der Waals surface area contributed by atoms with Crippen molar-refractivity contribution in [3.63, 3.8) is 0 Å². The van der Waals surface area contributed by atoms with Gasteiger partial charge in [0.25, 0.3) is 0 Å². The summed E-state index contributed by atoms with van der Waals surface area (Å²) in [5, 5.41) is 1.14. The highest BCUT2D eigenvalue weighted by Gasteiger charge is 2.06. The molecule has 2 aromatic rings. The molecule has 0 fully saturated rings. The van der Waals surface area contributed by atoms with E-state index in [2.05, 4.69) is 31.0 Å². The van der Waals surface area contributed by atoms with Gasteiger partial charge in [-0.3, -0.25) is 4.98 Å². The monoisotopic (exact) mass is 271 g/mol. The molecule has 1 atom stereocenters. The highest BCUT2D eigenvalue weighted by atomic mass is 16.5. The van der Waals surface area contributed by atoms with Gasteiger partial charge in [0.05, 0.1) is 6.61 Å². The summed E-state index contributed by atoms with van der Waals surface area (Å²) in [6, 6.07) is 10.2. The van der Waals surface area contributed by atoms with Crippen molar-refractivity contribution >= 4 is 10.9 Å². The molecule has 20 heavy (non-hydrogen) atoms. The molecule has 0 radical (unpaired) electrons. The van der Waals surface area contributed by atoms with Gasteiger partial charge in [-0.2, -0.15) is 0 Å². The Balaban J connectivity index is 1.86. The van der Waals surface area contributed by atoms with Crippen LogP contribution in [0, 0.1) is 5.92 Å². The standard InChI is InChI=1S/C18H25NO/c1-3-4-5-6-9-15(2)14-20-17-12-7-10-16-11-8-13-19-18(16)17/h7-8,10-13,15H,3-6,9,14H2,1-2H3. The molecule has 0 saturated heterocycles. The number of nitrogens with zero attached hydrogens (tertiary/aromatic N) is 1. The zero-order valence-corrected chi connectivity index (χ0v) is 12.6. The number of hydrogen-bond acceptors (Lipinski definition) is 2. The van der Waals surface area contributed by atoms with Crippen molar-refractivity contribution in [3.8, 4) is 5.75 Å². The van der Waals surface area contributed by atoms with Crippen LogP contribution < -0.4 is 4.74 Å². The summed E-state index contributed by atoms with van der Waals surface area (Å²) in [5.41, 5.74) is 0.966. The van der Waals surface area contributed by atoms with Crippen molar-refractivity contribution in [2.45, 2.75) is 46.0 Å². The minimum atomic E-state index is 0.603. The molecule has 1 aromatic heterocycles. The van der Waals surface area contributed by atoms with E-state index in [0.29, 0.717) is 5.92 Å². The van der Waals surface area contributed by atoms with Gasteiger partial charge in [-0.1, -0.05) is 57.7 Å². The highest BCUT2D eigenvalue weighted by molar-refractivity contribution is 5.84. The van der Waals surface area contributed by atoms with Crippen molar-refractivity contribution in [3.05, 3.63) is 36.5 Å². The molecule has 0 saturated carbocycles. The molecule has 108 valence electrons. The predicted molar refractivity (Wildman–Crippen MR) is 85.2 cm³/mol. The molecular weight excluding hydrogens is 246 g/mol. The van der Waals surface area contributed by atoms with Crippen LogP contribution in [0.1, 0.15) is 46.0 Å². The number of hydrogen-bond donors (Lipinski definition) is 0. The Morgan fingerprint density at radius 2 is 1.95 bits per heavy atom. The molecule has 1 unspecified atom stereocenters. The Hall–Kier alpha value is -1.57. The number of pyridine rings is 1. The Labute approximate surface area is 122 Å². The fourth-order valence-corrected chi connectivity index (χ4v) is 2.43. The summed E-state index contributed by atoms with van der Waals surface area (Å²) >= 11 is 0. The van der Waals surface area contributed by atoms with Gasteiger partial charge >= 0.3 is 0 Å². The van der Waals surface area contributed by atoms with Gasteiger partial charge in [0.2, 0.25) is 0 Å². The van der Waals surface area contributed by atoms with Crippen molar-refractivity contribution in [2.75, 3.05) is 6.61 Å². The molecule has 0 N–H and O–H groups in total. The largest absolute Gasteiger partial charge is 0.491 e. The lowest BCUT2D eigenvalue weighted by Crippen LogP contribution is -2.09. The molecule has 0 aliphatic rings. The minimum Gasteiger partial charge on any atom is -0.491 e. The summed E-state index contributed by atoms with van der Waals surface area (Å²) in [6.07, 6.45) is 8.37. The predicted octanol–water partition coefficient (Wildman–Crippen LogP) is 5.22. The maximum atomic E-state index is 5.98. The number of aromatic nitrogens is 1. The lowest BCUT2D eigenvalue weighted by molar-refractivity contribution is 0.251. The van der Waals surface area contributed by atoms with Crippen LogP contribution >= 0.6 is 0 Å². The average Bonchev–Trinajstić information content (AvgIpc) is 2.49. The Bertz CT molecular complexity index is 518. The van der Waals surface area contributed by atoms with Crippen LogP contribution in [0.4, 0.5) is 0 Å². The molecule has 2 rings (SSSR count). The van der Waals surface area contributed by atoms with E-state index in [1.165, 1.54) is 32.1 Å². The first-order valence-corrected chi connectivity index (χ1v) is 7.77. The molecule has 0 aliphatic heterocycles. The molecule has 0 bridgehead atoms. The van der Waals surface area contributed by atoms with Crippen molar-refractivity contribution in [1.29, 1.82) is 0 Å². The summed E-state index contributed by atoms with van der Waals surface area (Å²) < 4.78 is 5.98. The van der Waals surface area contributed by atoms with Gasteiger partial charge in [0.15, 0.2) is 0 Å². The van der Waals surface area contributed by atoms with Gasteiger partial charge in [-0.05, 0) is 24.5 Å². The second-order valence-corrected chi connectivity index (χ2v) is 5.60. The molecule has 0 amide bonds. The first kappa shape index (κ1) is 14.8. The maximum Gasteiger partial charge on any atom is 0.145 e. The average molecular weight is 271 g/mol. The van der Waals surface area contributed by atoms with Gasteiger partial charge in [-0.25, -0.2) is 0 Å². The third-order valence-corrected chi connectivity index (χ3v) is 3.67. The van der Waals surface area contributed by atoms with Crippen LogP contribution in [0.3, 0.4) is 0 Å². The van der Waals surface area contributed by atoms with Gasteiger partial charge in [0, 0.05) is 11.6 Å². The Kier molecular flexibility index (Phi) is 5.85. The lowest BCUT2D eigenvalue weighted by atomic mass is 10.0. The number of fused-ring (bicyclic) bond motifs is 1. The number of rotatable bonds is 8. The fourth-order valence-electron chi connectivity index (χ4n) is 2.43. The molecule has 1 aromatic carbocycles.